The van der Waals surface area contributed by atoms with Crippen LogP contribution in [0.25, 0.3) is 0 Å². The van der Waals surface area contributed by atoms with Crippen molar-refractivity contribution in [3.63, 3.8) is 0 Å². The SMILES string of the molecule is CCCCO.CCCCO.CCCCO.CCCCO.[Ag]. The Kier molecular flexibility index (Phi) is 78.9. The Hall–Kier alpha value is 0.580. The van der Waals surface area contributed by atoms with Crippen LogP contribution in [0.1, 0.15) is 79.1 Å². The second-order valence-electron chi connectivity index (χ2n) is 4.31. The number of hydrogen-bond donors (Lipinski definition) is 4. The van der Waals surface area contributed by atoms with E-state index in [2.05, 4.69) is 27.7 Å². The van der Waals surface area contributed by atoms with E-state index in [9.17, 15) is 0 Å². The Morgan fingerprint density at radius 2 is 0.571 bits per heavy atom. The van der Waals surface area contributed by atoms with Crippen molar-refractivity contribution in [1.82, 2.24) is 0 Å². The molecule has 139 valence electrons. The van der Waals surface area contributed by atoms with Crippen LogP contribution < -0.4 is 0 Å². The van der Waals surface area contributed by atoms with E-state index in [1.165, 1.54) is 0 Å². The van der Waals surface area contributed by atoms with Gasteiger partial charge in [0.25, 0.3) is 0 Å². The number of unbranched alkanes of at least 4 members (excludes halogenated alkanes) is 4. The van der Waals surface area contributed by atoms with Crippen LogP contribution in [0, 0.1) is 0 Å². The maximum absolute atomic E-state index is 8.07. The molecule has 0 heterocycles. The van der Waals surface area contributed by atoms with Crippen LogP contribution in [0.3, 0.4) is 0 Å². The van der Waals surface area contributed by atoms with E-state index in [1.807, 2.05) is 0 Å². The van der Waals surface area contributed by atoms with Crippen LogP contribution in [-0.2, 0) is 22.4 Å². The van der Waals surface area contributed by atoms with E-state index >= 15 is 0 Å². The number of aliphatic hydroxyl groups is 4. The summed E-state index contributed by atoms with van der Waals surface area (Å²) in [7, 11) is 0. The minimum absolute atomic E-state index is 0. The second kappa shape index (κ2) is 49.9. The molecule has 0 aliphatic carbocycles. The molecule has 0 aromatic rings. The van der Waals surface area contributed by atoms with E-state index in [0.29, 0.717) is 26.4 Å². The van der Waals surface area contributed by atoms with Gasteiger partial charge in [0.05, 0.1) is 0 Å². The molecular formula is C16H40AgO4. The fourth-order valence-corrected chi connectivity index (χ4v) is 0.632. The molecule has 0 fully saturated rings. The van der Waals surface area contributed by atoms with Crippen LogP contribution >= 0.6 is 0 Å². The molecule has 0 aliphatic heterocycles. The summed E-state index contributed by atoms with van der Waals surface area (Å²) in [4.78, 5) is 0. The van der Waals surface area contributed by atoms with Gasteiger partial charge in [-0.05, 0) is 25.7 Å². The van der Waals surface area contributed by atoms with Crippen molar-refractivity contribution >= 4 is 0 Å². The zero-order valence-corrected chi connectivity index (χ0v) is 16.1. The van der Waals surface area contributed by atoms with Gasteiger partial charge in [-0.15, -0.1) is 0 Å². The summed E-state index contributed by atoms with van der Waals surface area (Å²) in [6.07, 6.45) is 8.15. The van der Waals surface area contributed by atoms with Gasteiger partial charge >= 0.3 is 0 Å². The topological polar surface area (TPSA) is 80.9 Å². The second-order valence-corrected chi connectivity index (χ2v) is 4.31. The van der Waals surface area contributed by atoms with Gasteiger partial charge in [0.15, 0.2) is 0 Å². The molecule has 0 bridgehead atoms. The molecule has 5 heteroatoms. The van der Waals surface area contributed by atoms with E-state index in [0.717, 1.165) is 51.4 Å². The molecule has 0 aromatic carbocycles. The first-order valence-electron chi connectivity index (χ1n) is 8.09. The third-order valence-corrected chi connectivity index (χ3v) is 2.05. The first-order chi connectivity index (χ1) is 9.66. The Morgan fingerprint density at radius 1 is 0.429 bits per heavy atom. The monoisotopic (exact) mass is 403 g/mol. The molecule has 0 unspecified atom stereocenters. The third kappa shape index (κ3) is 96.5. The zero-order chi connectivity index (χ0) is 16.5. The molecule has 0 rings (SSSR count). The molecule has 1 radical (unpaired) electrons. The maximum atomic E-state index is 8.07. The Labute approximate surface area is 148 Å². The summed E-state index contributed by atoms with van der Waals surface area (Å²) in [5.74, 6) is 0. The minimum atomic E-state index is 0. The van der Waals surface area contributed by atoms with E-state index in [4.69, 9.17) is 20.4 Å². The summed E-state index contributed by atoms with van der Waals surface area (Å²) in [5.41, 5.74) is 0. The normalized spacial score (nSPS) is 8.00. The summed E-state index contributed by atoms with van der Waals surface area (Å²) < 4.78 is 0. The van der Waals surface area contributed by atoms with Gasteiger partial charge in [0.1, 0.15) is 0 Å². The average Bonchev–Trinajstić information content (AvgIpc) is 2.44. The van der Waals surface area contributed by atoms with Gasteiger partial charge < -0.3 is 20.4 Å². The smallest absolute Gasteiger partial charge is 0.0430 e. The Bertz CT molecular complexity index is 74.3. The van der Waals surface area contributed by atoms with Gasteiger partial charge in [-0.3, -0.25) is 0 Å². The molecule has 0 aliphatic rings. The van der Waals surface area contributed by atoms with Crippen molar-refractivity contribution in [2.75, 3.05) is 26.4 Å². The molecule has 21 heavy (non-hydrogen) atoms. The predicted octanol–water partition coefficient (Wildman–Crippen LogP) is 3.11. The fourth-order valence-electron chi connectivity index (χ4n) is 0.632. The van der Waals surface area contributed by atoms with Crippen molar-refractivity contribution < 1.29 is 42.8 Å². The quantitative estimate of drug-likeness (QED) is 0.469. The summed E-state index contributed by atoms with van der Waals surface area (Å²) in [6, 6.07) is 0. The third-order valence-electron chi connectivity index (χ3n) is 2.05. The molecule has 0 amide bonds. The number of hydrogen-bond acceptors (Lipinski definition) is 4. The Morgan fingerprint density at radius 3 is 0.571 bits per heavy atom. The largest absolute Gasteiger partial charge is 0.396 e. The summed E-state index contributed by atoms with van der Waals surface area (Å²) >= 11 is 0. The Balaban J connectivity index is -0.0000000533. The van der Waals surface area contributed by atoms with Crippen LogP contribution in [0.4, 0.5) is 0 Å². The maximum Gasteiger partial charge on any atom is 0.0430 e. The first kappa shape index (κ1) is 33.2. The molecule has 0 aromatic heterocycles. The molecular weight excluding hydrogens is 364 g/mol. The van der Waals surface area contributed by atoms with E-state index < -0.39 is 0 Å². The van der Waals surface area contributed by atoms with Crippen molar-refractivity contribution in [2.24, 2.45) is 0 Å². The molecule has 4 nitrogen and oxygen atoms in total. The van der Waals surface area contributed by atoms with Crippen molar-refractivity contribution in [1.29, 1.82) is 0 Å². The summed E-state index contributed by atoms with van der Waals surface area (Å²) in [6.45, 7) is 9.58. The average molecular weight is 404 g/mol. The van der Waals surface area contributed by atoms with Crippen LogP contribution in [0.15, 0.2) is 0 Å². The van der Waals surface area contributed by atoms with Gasteiger partial charge in [-0.25, -0.2) is 0 Å². The van der Waals surface area contributed by atoms with Crippen molar-refractivity contribution in [3.8, 4) is 0 Å². The van der Waals surface area contributed by atoms with Crippen LogP contribution in [-0.4, -0.2) is 46.9 Å². The van der Waals surface area contributed by atoms with Gasteiger partial charge in [0, 0.05) is 48.8 Å². The predicted molar refractivity (Wildman–Crippen MR) is 88.0 cm³/mol. The van der Waals surface area contributed by atoms with E-state index in [-0.39, 0.29) is 22.4 Å². The van der Waals surface area contributed by atoms with Crippen molar-refractivity contribution in [2.45, 2.75) is 79.1 Å². The van der Waals surface area contributed by atoms with Gasteiger partial charge in [-0.2, -0.15) is 0 Å². The molecule has 0 saturated carbocycles. The fraction of sp³-hybridized carbons (Fsp3) is 1.00. The van der Waals surface area contributed by atoms with Crippen molar-refractivity contribution in [3.05, 3.63) is 0 Å². The minimum Gasteiger partial charge on any atom is -0.396 e. The van der Waals surface area contributed by atoms with Gasteiger partial charge in [-0.1, -0.05) is 53.4 Å². The number of aliphatic hydroxyl groups excluding tert-OH is 4. The summed E-state index contributed by atoms with van der Waals surface area (Å²) in [5, 5.41) is 32.3. The molecule has 4 N–H and O–H groups in total. The molecule has 0 saturated heterocycles. The standard InChI is InChI=1S/4C4H10O.Ag/c4*1-2-3-4-5;/h4*5H,2-4H2,1H3;. The first-order valence-corrected chi connectivity index (χ1v) is 8.09. The molecule has 0 spiro atoms. The van der Waals surface area contributed by atoms with Gasteiger partial charge in [0.2, 0.25) is 0 Å². The zero-order valence-electron chi connectivity index (χ0n) is 14.6. The van der Waals surface area contributed by atoms with Crippen LogP contribution in [0.5, 0.6) is 0 Å². The van der Waals surface area contributed by atoms with Crippen LogP contribution in [0.2, 0.25) is 0 Å². The molecule has 0 atom stereocenters. The van der Waals surface area contributed by atoms with E-state index in [1.54, 1.807) is 0 Å². The number of rotatable bonds is 8.